The molecule has 0 atom stereocenters. The van der Waals surface area contributed by atoms with E-state index in [-0.39, 0.29) is 0 Å². The third-order valence-corrected chi connectivity index (χ3v) is 1.31. The van der Waals surface area contributed by atoms with Crippen LogP contribution in [-0.2, 0) is 9.59 Å². The molecule has 0 N–H and O–H groups in total. The molecule has 0 aliphatic heterocycles. The van der Waals surface area contributed by atoms with Crippen molar-refractivity contribution in [3.8, 4) is 0 Å². The zero-order chi connectivity index (χ0) is 9.14. The van der Waals surface area contributed by atoms with Crippen molar-refractivity contribution in [2.45, 2.75) is 0 Å². The summed E-state index contributed by atoms with van der Waals surface area (Å²) in [7, 11) is 0. The van der Waals surface area contributed by atoms with Gasteiger partial charge in [-0.25, -0.2) is 8.78 Å². The Morgan fingerprint density at radius 2 is 1.25 bits per heavy atom. The minimum atomic E-state index is -0.982. The van der Waals surface area contributed by atoms with E-state index >= 15 is 0 Å². The number of halogens is 2. The van der Waals surface area contributed by atoms with Gasteiger partial charge in [0, 0.05) is 0 Å². The highest BCUT2D eigenvalue weighted by Crippen LogP contribution is 2.12. The fraction of sp³-hybridized carbons (Fsp3) is 0. The lowest BCUT2D eigenvalue weighted by Crippen LogP contribution is -1.99. The van der Waals surface area contributed by atoms with E-state index in [1.165, 1.54) is 0 Å². The zero-order valence-corrected chi connectivity index (χ0v) is 5.73. The molecule has 0 fully saturated rings. The van der Waals surface area contributed by atoms with Gasteiger partial charge in [-0.15, -0.1) is 0 Å². The maximum atomic E-state index is 12.6. The number of rotatable bonds is 2. The second-order valence-corrected chi connectivity index (χ2v) is 1.98. The van der Waals surface area contributed by atoms with Gasteiger partial charge in [0.2, 0.25) is 12.6 Å². The van der Waals surface area contributed by atoms with Crippen LogP contribution in [0.25, 0.3) is 0 Å². The van der Waals surface area contributed by atoms with Gasteiger partial charge in [-0.2, -0.15) is 0 Å². The molecular weight excluding hydrogens is 166 g/mol. The van der Waals surface area contributed by atoms with E-state index in [1.54, 1.807) is 0 Å². The van der Waals surface area contributed by atoms with Crippen LogP contribution >= 0.6 is 0 Å². The first-order chi connectivity index (χ1) is 5.70. The smallest absolute Gasteiger partial charge is 0.237 e. The van der Waals surface area contributed by atoms with Crippen molar-refractivity contribution in [1.29, 1.82) is 0 Å². The minimum absolute atomic E-state index is 0.718. The summed E-state index contributed by atoms with van der Waals surface area (Å²) in [5, 5.41) is 0. The lowest BCUT2D eigenvalue weighted by atomic mass is 10.1. The van der Waals surface area contributed by atoms with Gasteiger partial charge in [-0.1, -0.05) is 0 Å². The Balaban J connectivity index is 3.48. The Kier molecular flexibility index (Phi) is 2.28. The largest absolute Gasteiger partial charge is 0.285 e. The topological polar surface area (TPSA) is 34.1 Å². The summed E-state index contributed by atoms with van der Waals surface area (Å²) in [6.45, 7) is 0. The molecule has 0 saturated carbocycles. The Morgan fingerprint density at radius 3 is 1.50 bits per heavy atom. The number of hydrogen-bond donors (Lipinski definition) is 0. The maximum Gasteiger partial charge on any atom is 0.237 e. The highest BCUT2D eigenvalue weighted by atomic mass is 19.1. The minimum Gasteiger partial charge on any atom is -0.285 e. The first kappa shape index (κ1) is 8.52. The Hall–Kier alpha value is -1.58. The van der Waals surface area contributed by atoms with Crippen molar-refractivity contribution >= 4 is 12.6 Å². The summed E-state index contributed by atoms with van der Waals surface area (Å²) in [4.78, 5) is 20.1. The summed E-state index contributed by atoms with van der Waals surface area (Å²) in [5.74, 6) is -1.96. The SMILES string of the molecule is O=[C]c1c(F)ccc(F)c1[C]=O. The van der Waals surface area contributed by atoms with Crippen molar-refractivity contribution in [3.63, 3.8) is 0 Å². The lowest BCUT2D eigenvalue weighted by molar-refractivity contribution is 0.544. The van der Waals surface area contributed by atoms with Crippen molar-refractivity contribution < 1.29 is 18.4 Å². The Bertz CT molecular complexity index is 301. The first-order valence-corrected chi connectivity index (χ1v) is 2.95. The molecule has 1 rings (SSSR count). The predicted molar refractivity (Wildman–Crippen MR) is 35.9 cm³/mol. The van der Waals surface area contributed by atoms with Gasteiger partial charge in [0.05, 0.1) is 11.1 Å². The average molecular weight is 168 g/mol. The molecule has 1 aromatic rings. The van der Waals surface area contributed by atoms with E-state index in [2.05, 4.69) is 0 Å². The predicted octanol–water partition coefficient (Wildman–Crippen LogP) is 0.880. The van der Waals surface area contributed by atoms with Gasteiger partial charge in [0.15, 0.2) is 0 Å². The molecule has 0 amide bonds. The van der Waals surface area contributed by atoms with Crippen LogP contribution in [0.3, 0.4) is 0 Å². The molecular formula is C8H2F2O2. The molecule has 2 radical (unpaired) electrons. The highest BCUT2D eigenvalue weighted by molar-refractivity contribution is 5.91. The van der Waals surface area contributed by atoms with E-state index in [1.807, 2.05) is 0 Å². The van der Waals surface area contributed by atoms with Crippen LogP contribution < -0.4 is 0 Å². The molecule has 0 aromatic heterocycles. The maximum absolute atomic E-state index is 12.6. The molecule has 4 heteroatoms. The van der Waals surface area contributed by atoms with Gasteiger partial charge in [0.1, 0.15) is 11.6 Å². The molecule has 0 heterocycles. The molecule has 1 aromatic carbocycles. The van der Waals surface area contributed by atoms with Crippen molar-refractivity contribution in [1.82, 2.24) is 0 Å². The number of hydrogen-bond acceptors (Lipinski definition) is 2. The van der Waals surface area contributed by atoms with Crippen LogP contribution in [0.5, 0.6) is 0 Å². The van der Waals surface area contributed by atoms with E-state index in [0.29, 0.717) is 0 Å². The van der Waals surface area contributed by atoms with Crippen molar-refractivity contribution in [2.75, 3.05) is 0 Å². The third kappa shape index (κ3) is 1.23. The fourth-order valence-corrected chi connectivity index (χ4v) is 0.751. The Labute approximate surface area is 66.8 Å². The molecule has 2 nitrogen and oxygen atoms in total. The van der Waals surface area contributed by atoms with Gasteiger partial charge in [-0.05, 0) is 12.1 Å². The van der Waals surface area contributed by atoms with Crippen LogP contribution in [0.4, 0.5) is 8.78 Å². The molecule has 60 valence electrons. The van der Waals surface area contributed by atoms with Gasteiger partial charge in [0.25, 0.3) is 0 Å². The van der Waals surface area contributed by atoms with Gasteiger partial charge >= 0.3 is 0 Å². The van der Waals surface area contributed by atoms with E-state index in [0.717, 1.165) is 24.7 Å². The molecule has 0 saturated heterocycles. The summed E-state index contributed by atoms with van der Waals surface area (Å²) in [6, 6.07) is 1.49. The zero-order valence-electron chi connectivity index (χ0n) is 5.73. The number of carbonyl (C=O) groups excluding carboxylic acids is 2. The highest BCUT2D eigenvalue weighted by Gasteiger charge is 2.13. The molecule has 12 heavy (non-hydrogen) atoms. The quantitative estimate of drug-likeness (QED) is 0.656. The lowest BCUT2D eigenvalue weighted by Gasteiger charge is -1.97. The van der Waals surface area contributed by atoms with Crippen LogP contribution in [0.2, 0.25) is 0 Å². The fourth-order valence-electron chi connectivity index (χ4n) is 0.751. The van der Waals surface area contributed by atoms with Crippen LogP contribution in [-0.4, -0.2) is 12.6 Å². The standard InChI is InChI=1S/C8H2F2O2/c9-7-1-2-8(10)6(4-12)5(7)3-11/h1-2H. The first-order valence-electron chi connectivity index (χ1n) is 2.95. The molecule has 0 bridgehead atoms. The van der Waals surface area contributed by atoms with Gasteiger partial charge in [-0.3, -0.25) is 9.59 Å². The normalized spacial score (nSPS) is 9.50. The van der Waals surface area contributed by atoms with Crippen molar-refractivity contribution in [3.05, 3.63) is 34.9 Å². The van der Waals surface area contributed by atoms with E-state index in [4.69, 9.17) is 0 Å². The average Bonchev–Trinajstić information content (AvgIpc) is 2.08. The molecule has 0 spiro atoms. The summed E-state index contributed by atoms with van der Waals surface area (Å²) in [5.41, 5.74) is -1.44. The van der Waals surface area contributed by atoms with E-state index < -0.39 is 22.8 Å². The Morgan fingerprint density at radius 1 is 0.917 bits per heavy atom. The summed E-state index contributed by atoms with van der Waals surface area (Å²) >= 11 is 0. The summed E-state index contributed by atoms with van der Waals surface area (Å²) in [6.07, 6.45) is 2.26. The molecule has 0 aliphatic rings. The monoisotopic (exact) mass is 168 g/mol. The molecule has 0 aliphatic carbocycles. The second-order valence-electron chi connectivity index (χ2n) is 1.98. The summed E-state index contributed by atoms with van der Waals surface area (Å²) < 4.78 is 25.2. The van der Waals surface area contributed by atoms with Crippen LogP contribution in [0, 0.1) is 11.6 Å². The molecule has 0 unspecified atom stereocenters. The third-order valence-electron chi connectivity index (χ3n) is 1.31. The number of benzene rings is 1. The van der Waals surface area contributed by atoms with Crippen molar-refractivity contribution in [2.24, 2.45) is 0 Å². The van der Waals surface area contributed by atoms with Gasteiger partial charge < -0.3 is 0 Å². The second kappa shape index (κ2) is 3.21. The van der Waals surface area contributed by atoms with Crippen LogP contribution in [0.15, 0.2) is 12.1 Å². The van der Waals surface area contributed by atoms with Crippen LogP contribution in [0.1, 0.15) is 11.1 Å². The van der Waals surface area contributed by atoms with E-state index in [9.17, 15) is 18.4 Å².